The summed E-state index contributed by atoms with van der Waals surface area (Å²) in [5.41, 5.74) is 1.03. The van der Waals surface area contributed by atoms with Crippen molar-refractivity contribution in [3.8, 4) is 5.88 Å². The quantitative estimate of drug-likeness (QED) is 0.764. The van der Waals surface area contributed by atoms with Gasteiger partial charge in [0.15, 0.2) is 0 Å². The van der Waals surface area contributed by atoms with Gasteiger partial charge in [0.1, 0.15) is 5.82 Å². The molecule has 0 aliphatic carbocycles. The summed E-state index contributed by atoms with van der Waals surface area (Å²) in [5.74, 6) is 0.835. The zero-order valence-electron chi connectivity index (χ0n) is 13.4. The number of aromatic nitrogens is 3. The molecule has 24 heavy (non-hydrogen) atoms. The lowest BCUT2D eigenvalue weighted by Gasteiger charge is -2.34. The van der Waals surface area contributed by atoms with Gasteiger partial charge in [0, 0.05) is 5.02 Å². The van der Waals surface area contributed by atoms with E-state index in [1.165, 1.54) is 35.1 Å². The van der Waals surface area contributed by atoms with Gasteiger partial charge in [0.05, 0.1) is 10.9 Å². The fraction of sp³-hybridized carbons (Fsp3) is 0.412. The highest BCUT2D eigenvalue weighted by Crippen LogP contribution is 2.42. The van der Waals surface area contributed by atoms with Crippen molar-refractivity contribution < 1.29 is 5.11 Å². The first kappa shape index (κ1) is 15.9. The van der Waals surface area contributed by atoms with Crippen molar-refractivity contribution in [1.82, 2.24) is 19.5 Å². The van der Waals surface area contributed by atoms with Gasteiger partial charge in [-0.05, 0) is 44.5 Å². The Kier molecular flexibility index (Phi) is 4.20. The minimum absolute atomic E-state index is 0.0622. The molecule has 0 radical (unpaired) electrons. The molecule has 1 fully saturated rings. The van der Waals surface area contributed by atoms with E-state index < -0.39 is 0 Å². The van der Waals surface area contributed by atoms with Crippen LogP contribution in [0.2, 0.25) is 5.02 Å². The van der Waals surface area contributed by atoms with E-state index in [4.69, 9.17) is 11.6 Å². The minimum atomic E-state index is -0.0622. The number of halogens is 1. The third-order valence-electron chi connectivity index (χ3n) is 4.51. The van der Waals surface area contributed by atoms with Crippen molar-refractivity contribution in [3.63, 3.8) is 0 Å². The zero-order chi connectivity index (χ0) is 16.7. The van der Waals surface area contributed by atoms with Gasteiger partial charge in [-0.15, -0.1) is 5.10 Å². The molecule has 1 aliphatic heterocycles. The molecule has 1 N–H and O–H groups in total. The fourth-order valence-corrected chi connectivity index (χ4v) is 4.80. The molecule has 0 spiro atoms. The van der Waals surface area contributed by atoms with E-state index in [0.29, 0.717) is 10.8 Å². The molecule has 0 amide bonds. The summed E-state index contributed by atoms with van der Waals surface area (Å²) in [4.78, 5) is 8.38. The van der Waals surface area contributed by atoms with Gasteiger partial charge >= 0.3 is 0 Å². The second-order valence-electron chi connectivity index (χ2n) is 6.16. The summed E-state index contributed by atoms with van der Waals surface area (Å²) in [6.45, 7) is 3.83. The van der Waals surface area contributed by atoms with Crippen LogP contribution < -0.4 is 0 Å². The maximum absolute atomic E-state index is 10.8. The molecule has 1 saturated heterocycles. The van der Waals surface area contributed by atoms with Crippen molar-refractivity contribution in [2.24, 2.45) is 0 Å². The number of aryl methyl sites for hydroxylation is 1. The summed E-state index contributed by atoms with van der Waals surface area (Å²) >= 11 is 7.99. The van der Waals surface area contributed by atoms with Crippen LogP contribution in [0.5, 0.6) is 5.88 Å². The van der Waals surface area contributed by atoms with Gasteiger partial charge in [-0.2, -0.15) is 4.52 Å². The van der Waals surface area contributed by atoms with E-state index in [-0.39, 0.29) is 11.9 Å². The molecular formula is C17H19ClN4OS. The smallest absolute Gasteiger partial charge is 0.230 e. The lowest BCUT2D eigenvalue weighted by atomic mass is 10.0. The number of nitrogens with zero attached hydrogens (tertiary/aromatic N) is 4. The molecule has 1 atom stereocenters. The van der Waals surface area contributed by atoms with Crippen molar-refractivity contribution >= 4 is 27.9 Å². The standard InChI is InChI=1S/C17H19ClN4OS/c1-11-19-17-22(20-11)16(23)15(24-17)14(21-9-5-2-6-10-21)12-7-3-4-8-13(12)18/h3-4,7-8,14,23H,2,5-6,9-10H2,1H3. The van der Waals surface area contributed by atoms with Crippen molar-refractivity contribution in [1.29, 1.82) is 0 Å². The number of likely N-dealkylation sites (tertiary alicyclic amines) is 1. The van der Waals surface area contributed by atoms with Crippen LogP contribution in [0.3, 0.4) is 0 Å². The van der Waals surface area contributed by atoms with Crippen LogP contribution in [-0.2, 0) is 0 Å². The molecule has 126 valence electrons. The van der Waals surface area contributed by atoms with E-state index in [1.54, 1.807) is 0 Å². The van der Waals surface area contributed by atoms with E-state index >= 15 is 0 Å². The van der Waals surface area contributed by atoms with E-state index in [1.807, 2.05) is 31.2 Å². The molecular weight excluding hydrogens is 344 g/mol. The lowest BCUT2D eigenvalue weighted by molar-refractivity contribution is 0.186. The van der Waals surface area contributed by atoms with Gasteiger partial charge in [0.25, 0.3) is 0 Å². The maximum atomic E-state index is 10.8. The molecule has 4 rings (SSSR count). The Balaban J connectivity index is 1.86. The lowest BCUT2D eigenvalue weighted by Crippen LogP contribution is -2.34. The molecule has 5 nitrogen and oxygen atoms in total. The van der Waals surface area contributed by atoms with Crippen LogP contribution in [-0.4, -0.2) is 37.7 Å². The second-order valence-corrected chi connectivity index (χ2v) is 7.58. The number of hydrogen-bond donors (Lipinski definition) is 1. The van der Waals surface area contributed by atoms with E-state index in [2.05, 4.69) is 15.0 Å². The maximum Gasteiger partial charge on any atom is 0.230 e. The SMILES string of the molecule is Cc1nc2sc(C(c3ccccc3Cl)N3CCCCC3)c(O)n2n1. The Morgan fingerprint density at radius 2 is 1.96 bits per heavy atom. The predicted octanol–water partition coefficient (Wildman–Crippen LogP) is 4.03. The molecule has 1 aliphatic rings. The van der Waals surface area contributed by atoms with Gasteiger partial charge in [0.2, 0.25) is 10.8 Å². The first-order valence-electron chi connectivity index (χ1n) is 8.18. The Labute approximate surface area is 149 Å². The number of fused-ring (bicyclic) bond motifs is 1. The molecule has 0 saturated carbocycles. The largest absolute Gasteiger partial charge is 0.492 e. The van der Waals surface area contributed by atoms with E-state index in [9.17, 15) is 5.11 Å². The van der Waals surface area contributed by atoms with Gasteiger partial charge in [-0.25, -0.2) is 4.98 Å². The molecule has 2 aromatic heterocycles. The number of aromatic hydroxyl groups is 1. The number of piperidine rings is 1. The summed E-state index contributed by atoms with van der Waals surface area (Å²) < 4.78 is 1.53. The third-order valence-corrected chi connectivity index (χ3v) is 5.93. The molecule has 1 aromatic carbocycles. The topological polar surface area (TPSA) is 53.7 Å². The number of benzene rings is 1. The van der Waals surface area contributed by atoms with Crippen molar-refractivity contribution in [3.05, 3.63) is 45.6 Å². The average molecular weight is 363 g/mol. The van der Waals surface area contributed by atoms with Crippen molar-refractivity contribution in [2.75, 3.05) is 13.1 Å². The highest BCUT2D eigenvalue weighted by molar-refractivity contribution is 7.17. The molecule has 3 aromatic rings. The second kappa shape index (κ2) is 6.35. The van der Waals surface area contributed by atoms with Crippen LogP contribution in [0.25, 0.3) is 4.96 Å². The van der Waals surface area contributed by atoms with Crippen molar-refractivity contribution in [2.45, 2.75) is 32.2 Å². The van der Waals surface area contributed by atoms with Crippen LogP contribution in [0, 0.1) is 6.92 Å². The highest BCUT2D eigenvalue weighted by atomic mass is 35.5. The first-order valence-corrected chi connectivity index (χ1v) is 9.38. The molecule has 7 heteroatoms. The van der Waals surface area contributed by atoms with Crippen LogP contribution >= 0.6 is 22.9 Å². The Bertz CT molecular complexity index is 869. The fourth-order valence-electron chi connectivity index (χ4n) is 3.40. The third kappa shape index (κ3) is 2.68. The Morgan fingerprint density at radius 1 is 1.21 bits per heavy atom. The van der Waals surface area contributed by atoms with Crippen LogP contribution in [0.4, 0.5) is 0 Å². The minimum Gasteiger partial charge on any atom is -0.492 e. The van der Waals surface area contributed by atoms with Crippen LogP contribution in [0.1, 0.15) is 41.6 Å². The van der Waals surface area contributed by atoms with Crippen LogP contribution in [0.15, 0.2) is 24.3 Å². The van der Waals surface area contributed by atoms with Gasteiger partial charge in [-0.1, -0.05) is 47.6 Å². The predicted molar refractivity (Wildman–Crippen MR) is 96.0 cm³/mol. The molecule has 1 unspecified atom stereocenters. The number of rotatable bonds is 3. The normalized spacial score (nSPS) is 17.4. The molecule has 0 bridgehead atoms. The summed E-state index contributed by atoms with van der Waals surface area (Å²) in [6.07, 6.45) is 3.59. The summed E-state index contributed by atoms with van der Waals surface area (Å²) in [5, 5.41) is 15.8. The highest BCUT2D eigenvalue weighted by Gasteiger charge is 2.31. The Morgan fingerprint density at radius 3 is 2.67 bits per heavy atom. The number of hydrogen-bond acceptors (Lipinski definition) is 5. The monoisotopic (exact) mass is 362 g/mol. The summed E-state index contributed by atoms with van der Waals surface area (Å²) in [6, 6.07) is 7.82. The van der Waals surface area contributed by atoms with E-state index in [0.717, 1.165) is 28.6 Å². The zero-order valence-corrected chi connectivity index (χ0v) is 15.0. The van der Waals surface area contributed by atoms with Gasteiger partial charge < -0.3 is 5.11 Å². The Hall–Kier alpha value is -1.63. The van der Waals surface area contributed by atoms with Gasteiger partial charge in [-0.3, -0.25) is 4.90 Å². The first-order chi connectivity index (χ1) is 11.6. The molecule has 3 heterocycles. The average Bonchev–Trinajstić information content (AvgIpc) is 3.09. The number of thiazole rings is 1. The summed E-state index contributed by atoms with van der Waals surface area (Å²) in [7, 11) is 0.